The quantitative estimate of drug-likeness (QED) is 0.670. The lowest BCUT2D eigenvalue weighted by molar-refractivity contribution is 0.465. The van der Waals surface area contributed by atoms with E-state index in [1.165, 1.54) is 4.88 Å². The molecular weight excluding hydrogens is 316 g/mol. The predicted molar refractivity (Wildman–Crippen MR) is 92.3 cm³/mol. The first kappa shape index (κ1) is 14.9. The topological polar surface area (TPSA) is 34.1 Å². The van der Waals surface area contributed by atoms with Gasteiger partial charge in [0, 0.05) is 22.6 Å². The summed E-state index contributed by atoms with van der Waals surface area (Å²) < 4.78 is 5.82. The number of nitrogens with one attached hydrogen (secondary N) is 1. The molecule has 0 radical (unpaired) electrons. The molecule has 0 bridgehead atoms. The fourth-order valence-electron chi connectivity index (χ4n) is 2.00. The van der Waals surface area contributed by atoms with Crippen LogP contribution in [0.4, 0.5) is 5.69 Å². The van der Waals surface area contributed by atoms with Gasteiger partial charge in [-0.1, -0.05) is 17.7 Å². The molecule has 112 valence electrons. The molecule has 0 saturated heterocycles. The maximum Gasteiger partial charge on any atom is 0.242 e. The Morgan fingerprint density at radius 1 is 1.09 bits per heavy atom. The Morgan fingerprint density at radius 3 is 2.73 bits per heavy atom. The summed E-state index contributed by atoms with van der Waals surface area (Å²) in [7, 11) is 0. The minimum Gasteiger partial charge on any atom is -0.437 e. The Kier molecular flexibility index (Phi) is 4.93. The van der Waals surface area contributed by atoms with Crippen molar-refractivity contribution in [3.8, 4) is 11.6 Å². The van der Waals surface area contributed by atoms with Crippen LogP contribution in [-0.2, 0) is 6.42 Å². The highest BCUT2D eigenvalue weighted by atomic mass is 35.5. The number of hydrogen-bond donors (Lipinski definition) is 1. The highest BCUT2D eigenvalue weighted by molar-refractivity contribution is 7.09. The SMILES string of the molecule is Clc1ccc(Oc2ncccc2NCCc2cccs2)cc1. The van der Waals surface area contributed by atoms with E-state index in [9.17, 15) is 0 Å². The zero-order chi connectivity index (χ0) is 15.2. The van der Waals surface area contributed by atoms with Crippen LogP contribution in [0.3, 0.4) is 0 Å². The van der Waals surface area contributed by atoms with E-state index in [-0.39, 0.29) is 0 Å². The molecule has 0 aliphatic rings. The smallest absolute Gasteiger partial charge is 0.242 e. The van der Waals surface area contributed by atoms with E-state index < -0.39 is 0 Å². The van der Waals surface area contributed by atoms with E-state index in [1.807, 2.05) is 24.3 Å². The second-order valence-corrected chi connectivity index (χ2v) is 6.14. The molecule has 5 heteroatoms. The van der Waals surface area contributed by atoms with Crippen LogP contribution >= 0.6 is 22.9 Å². The maximum atomic E-state index is 5.88. The van der Waals surface area contributed by atoms with Crippen molar-refractivity contribution in [2.45, 2.75) is 6.42 Å². The molecule has 1 aromatic carbocycles. The van der Waals surface area contributed by atoms with Crippen LogP contribution in [0.1, 0.15) is 4.88 Å². The van der Waals surface area contributed by atoms with E-state index in [0.717, 1.165) is 18.7 Å². The van der Waals surface area contributed by atoms with Crippen LogP contribution in [0, 0.1) is 0 Å². The molecule has 0 saturated carbocycles. The van der Waals surface area contributed by atoms with Gasteiger partial charge in [0.25, 0.3) is 0 Å². The molecule has 0 fully saturated rings. The molecule has 2 aromatic heterocycles. The van der Waals surface area contributed by atoms with Gasteiger partial charge in [0.2, 0.25) is 5.88 Å². The summed E-state index contributed by atoms with van der Waals surface area (Å²) >= 11 is 7.65. The summed E-state index contributed by atoms with van der Waals surface area (Å²) in [5, 5.41) is 6.15. The molecule has 0 aliphatic heterocycles. The Balaban J connectivity index is 1.65. The van der Waals surface area contributed by atoms with Gasteiger partial charge in [-0.3, -0.25) is 0 Å². The van der Waals surface area contributed by atoms with Gasteiger partial charge in [-0.2, -0.15) is 0 Å². The van der Waals surface area contributed by atoms with Crippen LogP contribution in [0.5, 0.6) is 11.6 Å². The molecule has 0 spiro atoms. The first-order valence-electron chi connectivity index (χ1n) is 6.96. The minimum absolute atomic E-state index is 0.566. The number of aromatic nitrogens is 1. The Morgan fingerprint density at radius 2 is 1.95 bits per heavy atom. The summed E-state index contributed by atoms with van der Waals surface area (Å²) in [6, 6.07) is 15.3. The number of hydrogen-bond acceptors (Lipinski definition) is 4. The number of halogens is 1. The molecule has 22 heavy (non-hydrogen) atoms. The molecule has 0 amide bonds. The van der Waals surface area contributed by atoms with E-state index in [0.29, 0.717) is 16.7 Å². The van der Waals surface area contributed by atoms with Gasteiger partial charge < -0.3 is 10.1 Å². The third kappa shape index (κ3) is 4.00. The minimum atomic E-state index is 0.566. The van der Waals surface area contributed by atoms with E-state index >= 15 is 0 Å². The molecule has 0 unspecified atom stereocenters. The van der Waals surface area contributed by atoms with Crippen molar-refractivity contribution in [3.63, 3.8) is 0 Å². The van der Waals surface area contributed by atoms with Gasteiger partial charge in [0.1, 0.15) is 5.75 Å². The van der Waals surface area contributed by atoms with Gasteiger partial charge in [0.15, 0.2) is 0 Å². The van der Waals surface area contributed by atoms with Gasteiger partial charge >= 0.3 is 0 Å². The second kappa shape index (κ2) is 7.29. The third-order valence-electron chi connectivity index (χ3n) is 3.07. The fraction of sp³-hybridized carbons (Fsp3) is 0.118. The highest BCUT2D eigenvalue weighted by Crippen LogP contribution is 2.27. The molecule has 3 rings (SSSR count). The van der Waals surface area contributed by atoms with E-state index in [2.05, 4.69) is 27.8 Å². The number of thiophene rings is 1. The normalized spacial score (nSPS) is 10.4. The molecular formula is C17H15ClN2OS. The average molecular weight is 331 g/mol. The molecule has 3 nitrogen and oxygen atoms in total. The van der Waals surface area contributed by atoms with Gasteiger partial charge in [-0.25, -0.2) is 4.98 Å². The summed E-state index contributed by atoms with van der Waals surface area (Å²) in [6.07, 6.45) is 2.70. The summed E-state index contributed by atoms with van der Waals surface area (Å²) in [4.78, 5) is 5.65. The average Bonchev–Trinajstić information content (AvgIpc) is 3.05. The zero-order valence-corrected chi connectivity index (χ0v) is 13.4. The number of anilines is 1. The maximum absolute atomic E-state index is 5.88. The van der Waals surface area contributed by atoms with Crippen molar-refractivity contribution >= 4 is 28.6 Å². The molecule has 2 heterocycles. The lowest BCUT2D eigenvalue weighted by Gasteiger charge is -2.11. The molecule has 3 aromatic rings. The molecule has 0 atom stereocenters. The van der Waals surface area contributed by atoms with Gasteiger partial charge in [-0.15, -0.1) is 11.3 Å². The van der Waals surface area contributed by atoms with Crippen LogP contribution in [0.25, 0.3) is 0 Å². The number of nitrogens with zero attached hydrogens (tertiary/aromatic N) is 1. The predicted octanol–water partition coefficient (Wildman–Crippen LogP) is 5.24. The van der Waals surface area contributed by atoms with Crippen molar-refractivity contribution in [2.24, 2.45) is 0 Å². The standard InChI is InChI=1S/C17H15ClN2OS/c18-13-5-7-14(8-6-13)21-17-16(4-1-10-20-17)19-11-9-15-3-2-12-22-15/h1-8,10,12,19H,9,11H2. The van der Waals surface area contributed by atoms with E-state index in [1.54, 1.807) is 29.7 Å². The summed E-state index contributed by atoms with van der Waals surface area (Å²) in [5.74, 6) is 1.28. The lowest BCUT2D eigenvalue weighted by atomic mass is 10.3. The Hall–Kier alpha value is -2.04. The Labute approximate surface area is 138 Å². The van der Waals surface area contributed by atoms with Crippen molar-refractivity contribution < 1.29 is 4.74 Å². The number of rotatable bonds is 6. The van der Waals surface area contributed by atoms with Crippen LogP contribution in [0.2, 0.25) is 5.02 Å². The summed E-state index contributed by atoms with van der Waals surface area (Å²) in [6.45, 7) is 0.836. The third-order valence-corrected chi connectivity index (χ3v) is 4.25. The van der Waals surface area contributed by atoms with Gasteiger partial charge in [-0.05, 0) is 54.3 Å². The first-order valence-corrected chi connectivity index (χ1v) is 8.22. The van der Waals surface area contributed by atoms with Crippen molar-refractivity contribution in [1.29, 1.82) is 0 Å². The van der Waals surface area contributed by atoms with E-state index in [4.69, 9.17) is 16.3 Å². The first-order chi connectivity index (χ1) is 10.8. The monoisotopic (exact) mass is 330 g/mol. The Bertz CT molecular complexity index is 714. The van der Waals surface area contributed by atoms with Crippen LogP contribution in [-0.4, -0.2) is 11.5 Å². The molecule has 1 N–H and O–H groups in total. The van der Waals surface area contributed by atoms with Crippen LogP contribution in [0.15, 0.2) is 60.1 Å². The summed E-state index contributed by atoms with van der Waals surface area (Å²) in [5.41, 5.74) is 0.883. The van der Waals surface area contributed by atoms with Crippen molar-refractivity contribution in [2.75, 3.05) is 11.9 Å². The second-order valence-electron chi connectivity index (χ2n) is 4.67. The van der Waals surface area contributed by atoms with Gasteiger partial charge in [0.05, 0.1) is 5.69 Å². The van der Waals surface area contributed by atoms with Crippen molar-refractivity contribution in [3.05, 3.63) is 70.0 Å². The number of pyridine rings is 1. The molecule has 0 aliphatic carbocycles. The lowest BCUT2D eigenvalue weighted by Crippen LogP contribution is -2.05. The number of ether oxygens (including phenoxy) is 1. The van der Waals surface area contributed by atoms with Crippen LogP contribution < -0.4 is 10.1 Å². The largest absolute Gasteiger partial charge is 0.437 e. The van der Waals surface area contributed by atoms with Crippen molar-refractivity contribution in [1.82, 2.24) is 4.98 Å². The fourth-order valence-corrected chi connectivity index (χ4v) is 2.83. The highest BCUT2D eigenvalue weighted by Gasteiger charge is 2.06. The zero-order valence-electron chi connectivity index (χ0n) is 11.8. The number of benzene rings is 1.